The molecular formula is C23H33N5O2. The number of benzene rings is 1. The minimum Gasteiger partial charge on any atom is -0.353 e. The van der Waals surface area contributed by atoms with E-state index in [1.54, 1.807) is 19.0 Å². The molecule has 4 rings (SSSR count). The third-order valence-corrected chi connectivity index (χ3v) is 6.71. The van der Waals surface area contributed by atoms with Crippen molar-refractivity contribution in [3.63, 3.8) is 0 Å². The molecule has 2 bridgehead atoms. The highest BCUT2D eigenvalue weighted by Gasteiger charge is 2.39. The molecule has 1 aromatic rings. The molecule has 3 unspecified atom stereocenters. The van der Waals surface area contributed by atoms with Gasteiger partial charge < -0.3 is 20.4 Å². The maximum Gasteiger partial charge on any atom is 0.241 e. The number of nitrogens with zero attached hydrogens (tertiary/aromatic N) is 3. The van der Waals surface area contributed by atoms with Crippen molar-refractivity contribution in [2.75, 3.05) is 32.1 Å². The number of hydrogen-bond donors (Lipinski definition) is 2. The second kappa shape index (κ2) is 9.06. The van der Waals surface area contributed by atoms with Crippen molar-refractivity contribution >= 4 is 23.5 Å². The average Bonchev–Trinajstić information content (AvgIpc) is 3.47. The van der Waals surface area contributed by atoms with E-state index in [4.69, 9.17) is 4.99 Å². The van der Waals surface area contributed by atoms with E-state index in [9.17, 15) is 9.59 Å². The van der Waals surface area contributed by atoms with Gasteiger partial charge in [0, 0.05) is 38.8 Å². The number of guanidine groups is 1. The second-order valence-electron chi connectivity index (χ2n) is 9.05. The Labute approximate surface area is 178 Å². The molecule has 2 aliphatic carbocycles. The lowest BCUT2D eigenvalue weighted by Crippen LogP contribution is -2.48. The van der Waals surface area contributed by atoms with Crippen molar-refractivity contribution in [2.24, 2.45) is 16.8 Å². The van der Waals surface area contributed by atoms with Crippen LogP contribution in [0.1, 0.15) is 44.1 Å². The molecule has 0 radical (unpaired) electrons. The predicted molar refractivity (Wildman–Crippen MR) is 118 cm³/mol. The van der Waals surface area contributed by atoms with Gasteiger partial charge in [-0.3, -0.25) is 9.59 Å². The Morgan fingerprint density at radius 3 is 2.60 bits per heavy atom. The lowest BCUT2D eigenvalue weighted by Gasteiger charge is -2.25. The average molecular weight is 412 g/mol. The lowest BCUT2D eigenvalue weighted by atomic mass is 9.95. The number of rotatable bonds is 6. The molecule has 0 spiro atoms. The summed E-state index contributed by atoms with van der Waals surface area (Å²) in [7, 11) is 3.52. The molecular weight excluding hydrogens is 378 g/mol. The number of likely N-dealkylation sites (N-methyl/N-ethyl adjacent to an activating group) is 1. The molecule has 1 saturated heterocycles. The molecule has 3 aliphatic rings. The minimum atomic E-state index is 0.0251. The first-order valence-corrected chi connectivity index (χ1v) is 11.1. The van der Waals surface area contributed by atoms with Crippen molar-refractivity contribution in [1.29, 1.82) is 0 Å². The number of carbonyl (C=O) groups is 2. The summed E-state index contributed by atoms with van der Waals surface area (Å²) >= 11 is 0. The smallest absolute Gasteiger partial charge is 0.241 e. The molecule has 3 atom stereocenters. The van der Waals surface area contributed by atoms with E-state index in [-0.39, 0.29) is 18.4 Å². The second-order valence-corrected chi connectivity index (χ2v) is 9.05. The van der Waals surface area contributed by atoms with Crippen LogP contribution in [0.5, 0.6) is 0 Å². The third kappa shape index (κ3) is 4.77. The summed E-state index contributed by atoms with van der Waals surface area (Å²) in [5.74, 6) is 2.51. The van der Waals surface area contributed by atoms with Gasteiger partial charge in [-0.25, -0.2) is 4.99 Å². The molecule has 2 saturated carbocycles. The van der Waals surface area contributed by atoms with Gasteiger partial charge in [-0.05, 0) is 55.2 Å². The van der Waals surface area contributed by atoms with Gasteiger partial charge in [-0.1, -0.05) is 18.6 Å². The Bertz CT molecular complexity index is 804. The number of hydrogen-bond acceptors (Lipinski definition) is 3. The van der Waals surface area contributed by atoms with E-state index < -0.39 is 0 Å². The number of carbonyl (C=O) groups excluding carboxylic acids is 2. The topological polar surface area (TPSA) is 77.0 Å². The highest BCUT2D eigenvalue weighted by atomic mass is 16.2. The van der Waals surface area contributed by atoms with Crippen LogP contribution in [-0.2, 0) is 16.1 Å². The number of aliphatic imine (C=N–C) groups is 1. The van der Waals surface area contributed by atoms with E-state index in [1.165, 1.54) is 25.7 Å². The van der Waals surface area contributed by atoms with Gasteiger partial charge in [0.2, 0.25) is 11.8 Å². The molecule has 2 N–H and O–H groups in total. The summed E-state index contributed by atoms with van der Waals surface area (Å²) in [6.07, 6.45) is 6.74. The fraction of sp³-hybridized carbons (Fsp3) is 0.609. The SMILES string of the molecule is CN(C)C(=O)CNC(=NCc1ccc(N2CCCC2=O)cc1)NC1CC2CCC1C2. The summed E-state index contributed by atoms with van der Waals surface area (Å²) in [5, 5.41) is 6.80. The Hall–Kier alpha value is -2.57. The molecule has 30 heavy (non-hydrogen) atoms. The number of amides is 2. The standard InChI is InChI=1S/C23H33N5O2/c1-27(2)22(30)15-25-23(26-20-13-17-5-8-18(20)12-17)24-14-16-6-9-19(10-7-16)28-11-3-4-21(28)29/h6-7,9-10,17-18,20H,3-5,8,11-15H2,1-2H3,(H2,24,25,26). The number of fused-ring (bicyclic) bond motifs is 2. The van der Waals surface area contributed by atoms with Crippen molar-refractivity contribution in [2.45, 2.75) is 51.1 Å². The molecule has 3 fully saturated rings. The highest BCUT2D eigenvalue weighted by Crippen LogP contribution is 2.44. The molecule has 0 aromatic heterocycles. The van der Waals surface area contributed by atoms with Gasteiger partial charge in [-0.15, -0.1) is 0 Å². The molecule has 2 amide bonds. The predicted octanol–water partition coefficient (Wildman–Crippen LogP) is 2.13. The van der Waals surface area contributed by atoms with Crippen molar-refractivity contribution in [3.05, 3.63) is 29.8 Å². The van der Waals surface area contributed by atoms with E-state index >= 15 is 0 Å². The summed E-state index contributed by atoms with van der Waals surface area (Å²) in [5.41, 5.74) is 2.04. The Kier molecular flexibility index (Phi) is 6.25. The summed E-state index contributed by atoms with van der Waals surface area (Å²) < 4.78 is 0. The van der Waals surface area contributed by atoms with Crippen LogP contribution in [0.15, 0.2) is 29.3 Å². The van der Waals surface area contributed by atoms with Gasteiger partial charge in [0.1, 0.15) is 0 Å². The fourth-order valence-corrected chi connectivity index (χ4v) is 4.94. The van der Waals surface area contributed by atoms with Crippen LogP contribution < -0.4 is 15.5 Å². The molecule has 7 nitrogen and oxygen atoms in total. The van der Waals surface area contributed by atoms with Crippen LogP contribution in [0.3, 0.4) is 0 Å². The maximum atomic E-state index is 12.0. The molecule has 162 valence electrons. The zero-order chi connectivity index (χ0) is 21.1. The largest absolute Gasteiger partial charge is 0.353 e. The van der Waals surface area contributed by atoms with Gasteiger partial charge in [0.25, 0.3) is 0 Å². The fourth-order valence-electron chi connectivity index (χ4n) is 4.94. The van der Waals surface area contributed by atoms with Crippen molar-refractivity contribution < 1.29 is 9.59 Å². The van der Waals surface area contributed by atoms with Crippen molar-refractivity contribution in [1.82, 2.24) is 15.5 Å². The number of anilines is 1. The van der Waals surface area contributed by atoms with Crippen LogP contribution >= 0.6 is 0 Å². The van der Waals surface area contributed by atoms with E-state index in [0.717, 1.165) is 36.1 Å². The third-order valence-electron chi connectivity index (χ3n) is 6.71. The van der Waals surface area contributed by atoms with Gasteiger partial charge in [-0.2, -0.15) is 0 Å². The van der Waals surface area contributed by atoms with Crippen LogP contribution in [0.25, 0.3) is 0 Å². The highest BCUT2D eigenvalue weighted by molar-refractivity contribution is 5.95. The van der Waals surface area contributed by atoms with E-state index in [0.29, 0.717) is 25.0 Å². The lowest BCUT2D eigenvalue weighted by molar-refractivity contribution is -0.127. The van der Waals surface area contributed by atoms with E-state index in [1.807, 2.05) is 29.2 Å². The van der Waals surface area contributed by atoms with Gasteiger partial charge >= 0.3 is 0 Å². The molecule has 1 aromatic carbocycles. The maximum absolute atomic E-state index is 12.0. The summed E-state index contributed by atoms with van der Waals surface area (Å²) in [4.78, 5) is 32.1. The molecule has 1 heterocycles. The Morgan fingerprint density at radius 1 is 1.20 bits per heavy atom. The summed E-state index contributed by atoms with van der Waals surface area (Å²) in [6, 6.07) is 8.52. The molecule has 7 heteroatoms. The van der Waals surface area contributed by atoms with Crippen molar-refractivity contribution in [3.8, 4) is 0 Å². The first-order chi connectivity index (χ1) is 14.5. The first kappa shape index (κ1) is 20.7. The summed E-state index contributed by atoms with van der Waals surface area (Å²) in [6.45, 7) is 1.56. The Morgan fingerprint density at radius 2 is 2.00 bits per heavy atom. The van der Waals surface area contributed by atoms with Crippen LogP contribution in [0.4, 0.5) is 5.69 Å². The Balaban J connectivity index is 1.40. The van der Waals surface area contributed by atoms with Gasteiger partial charge in [0.15, 0.2) is 5.96 Å². The number of nitrogens with one attached hydrogen (secondary N) is 2. The molecule has 1 aliphatic heterocycles. The minimum absolute atomic E-state index is 0.0251. The van der Waals surface area contributed by atoms with E-state index in [2.05, 4.69) is 10.6 Å². The van der Waals surface area contributed by atoms with Gasteiger partial charge in [0.05, 0.1) is 13.1 Å². The zero-order valence-electron chi connectivity index (χ0n) is 18.1. The van der Waals surface area contributed by atoms with Crippen LogP contribution in [-0.4, -0.2) is 55.9 Å². The normalized spacial score (nSPS) is 25.7. The quantitative estimate of drug-likeness (QED) is 0.555. The van der Waals surface area contributed by atoms with Crippen LogP contribution in [0, 0.1) is 11.8 Å². The monoisotopic (exact) mass is 411 g/mol. The first-order valence-electron chi connectivity index (χ1n) is 11.1. The zero-order valence-corrected chi connectivity index (χ0v) is 18.1. The van der Waals surface area contributed by atoms with Crippen LogP contribution in [0.2, 0.25) is 0 Å².